The molecule has 1 fully saturated rings. The fraction of sp³-hybridized carbons (Fsp3) is 0.231. The zero-order valence-electron chi connectivity index (χ0n) is 18.4. The van der Waals surface area contributed by atoms with E-state index in [1.54, 1.807) is 9.80 Å². The van der Waals surface area contributed by atoms with E-state index < -0.39 is 0 Å². The molecule has 5 nitrogen and oxygen atoms in total. The number of anilines is 1. The van der Waals surface area contributed by atoms with E-state index in [1.165, 1.54) is 11.8 Å². The fourth-order valence-corrected chi connectivity index (χ4v) is 4.80. The third kappa shape index (κ3) is 6.88. The third-order valence-electron chi connectivity index (χ3n) is 5.01. The van der Waals surface area contributed by atoms with Crippen LogP contribution in [0.2, 0.25) is 0 Å². The van der Waals surface area contributed by atoms with Crippen LogP contribution in [0.4, 0.5) is 5.69 Å². The van der Waals surface area contributed by atoms with Crippen molar-refractivity contribution < 1.29 is 9.59 Å². The number of nitriles is 1. The van der Waals surface area contributed by atoms with E-state index >= 15 is 0 Å². The summed E-state index contributed by atoms with van der Waals surface area (Å²) in [5, 5.41) is 8.93. The van der Waals surface area contributed by atoms with Gasteiger partial charge in [-0.05, 0) is 42.7 Å². The molecule has 0 N–H and O–H groups in total. The molecule has 1 heterocycles. The lowest BCUT2D eigenvalue weighted by Crippen LogP contribution is -2.33. The van der Waals surface area contributed by atoms with Gasteiger partial charge in [0.1, 0.15) is 4.32 Å². The monoisotopic (exact) mass is 475 g/mol. The lowest BCUT2D eigenvalue weighted by Gasteiger charge is -2.22. The van der Waals surface area contributed by atoms with Gasteiger partial charge in [0.05, 0.1) is 17.4 Å². The van der Waals surface area contributed by atoms with E-state index in [9.17, 15) is 9.59 Å². The molecule has 0 radical (unpaired) electrons. The minimum Gasteiger partial charge on any atom is -0.311 e. The van der Waals surface area contributed by atoms with Crippen molar-refractivity contribution in [1.82, 2.24) is 4.90 Å². The second kappa shape index (κ2) is 12.1. The van der Waals surface area contributed by atoms with Crippen LogP contribution >= 0.6 is 24.0 Å². The van der Waals surface area contributed by atoms with Crippen molar-refractivity contribution in [1.29, 1.82) is 5.26 Å². The van der Waals surface area contributed by atoms with Gasteiger partial charge in [-0.1, -0.05) is 78.6 Å². The van der Waals surface area contributed by atoms with Crippen LogP contribution < -0.4 is 4.90 Å². The van der Waals surface area contributed by atoms with Gasteiger partial charge in [-0.2, -0.15) is 5.26 Å². The molecule has 2 aromatic rings. The van der Waals surface area contributed by atoms with E-state index in [4.69, 9.17) is 17.5 Å². The molecule has 0 bridgehead atoms. The minimum atomic E-state index is -0.123. The maximum absolute atomic E-state index is 12.9. The Kier molecular flexibility index (Phi) is 8.99. The number of allylic oxidation sites excluding steroid dienone is 2. The summed E-state index contributed by atoms with van der Waals surface area (Å²) < 4.78 is 0.510. The van der Waals surface area contributed by atoms with Gasteiger partial charge < -0.3 is 4.90 Å². The van der Waals surface area contributed by atoms with Crippen molar-refractivity contribution in [3.63, 3.8) is 0 Å². The zero-order valence-corrected chi connectivity index (χ0v) is 20.1. The summed E-state index contributed by atoms with van der Waals surface area (Å²) >= 11 is 6.71. The fourth-order valence-electron chi connectivity index (χ4n) is 3.44. The van der Waals surface area contributed by atoms with Crippen LogP contribution in [-0.4, -0.2) is 34.1 Å². The molecule has 1 saturated heterocycles. The van der Waals surface area contributed by atoms with Crippen LogP contribution in [0.5, 0.6) is 0 Å². The third-order valence-corrected chi connectivity index (χ3v) is 6.39. The molecule has 7 heteroatoms. The largest absolute Gasteiger partial charge is 0.311 e. The van der Waals surface area contributed by atoms with Crippen molar-refractivity contribution in [2.75, 3.05) is 18.0 Å². The molecule has 2 amide bonds. The SMILES string of the molecule is CC(=Cc1ccccc1)C=C1SC(=S)N(CCCC(=O)N(CCC#N)c2ccccc2)C1=O. The van der Waals surface area contributed by atoms with Crippen LogP contribution in [-0.2, 0) is 9.59 Å². The Morgan fingerprint density at radius 3 is 2.48 bits per heavy atom. The lowest BCUT2D eigenvalue weighted by atomic mass is 10.1. The van der Waals surface area contributed by atoms with Crippen molar-refractivity contribution in [2.45, 2.75) is 26.2 Å². The Labute approximate surface area is 204 Å². The van der Waals surface area contributed by atoms with E-state index in [2.05, 4.69) is 6.07 Å². The lowest BCUT2D eigenvalue weighted by molar-refractivity contribution is -0.123. The van der Waals surface area contributed by atoms with Gasteiger partial charge in [0.2, 0.25) is 5.91 Å². The molecule has 0 aliphatic carbocycles. The van der Waals surface area contributed by atoms with Crippen LogP contribution in [0, 0.1) is 11.3 Å². The normalized spacial score (nSPS) is 15.1. The zero-order chi connectivity index (χ0) is 23.6. The Bertz CT molecular complexity index is 1110. The molecule has 0 atom stereocenters. The van der Waals surface area contributed by atoms with Crippen molar-refractivity contribution in [3.8, 4) is 6.07 Å². The van der Waals surface area contributed by atoms with Gasteiger partial charge >= 0.3 is 0 Å². The molecule has 1 aliphatic rings. The number of hydrogen-bond acceptors (Lipinski definition) is 5. The van der Waals surface area contributed by atoms with Gasteiger partial charge in [0, 0.05) is 25.2 Å². The molecule has 168 valence electrons. The molecule has 3 rings (SSSR count). The summed E-state index contributed by atoms with van der Waals surface area (Å²) in [5.41, 5.74) is 2.81. The number of carbonyl (C=O) groups excluding carboxylic acids is 2. The van der Waals surface area contributed by atoms with Crippen molar-refractivity contribution in [3.05, 3.63) is 82.8 Å². The van der Waals surface area contributed by atoms with Crippen LogP contribution in [0.25, 0.3) is 6.08 Å². The number of para-hydroxylation sites is 1. The number of carbonyl (C=O) groups is 2. The van der Waals surface area contributed by atoms with Gasteiger partial charge in [-0.25, -0.2) is 0 Å². The molecule has 0 spiro atoms. The topological polar surface area (TPSA) is 64.4 Å². The highest BCUT2D eigenvalue weighted by atomic mass is 32.2. The molecule has 0 saturated carbocycles. The molecular formula is C26H25N3O2S2. The van der Waals surface area contributed by atoms with Crippen molar-refractivity contribution in [2.24, 2.45) is 0 Å². The second-order valence-corrected chi connectivity index (χ2v) is 9.20. The Hall–Kier alpha value is -3.21. The number of rotatable bonds is 9. The maximum Gasteiger partial charge on any atom is 0.266 e. The molecule has 1 aliphatic heterocycles. The summed E-state index contributed by atoms with van der Waals surface area (Å²) in [6.45, 7) is 2.68. The standard InChI is InChI=1S/C26H25N3O2S2/c1-20(18-21-10-4-2-5-11-21)19-23-25(31)29(26(32)33-23)16-8-14-24(30)28(17-9-15-27)22-12-6-3-7-13-22/h2-7,10-13,18-19H,8-9,14,16-17H2,1H3. The first-order valence-corrected chi connectivity index (χ1v) is 11.9. The van der Waals surface area contributed by atoms with Crippen LogP contribution in [0.1, 0.15) is 31.7 Å². The van der Waals surface area contributed by atoms with Gasteiger partial charge in [0.25, 0.3) is 5.91 Å². The van der Waals surface area contributed by atoms with Gasteiger partial charge in [-0.15, -0.1) is 0 Å². The number of hydrogen-bond donors (Lipinski definition) is 0. The number of benzene rings is 2. The molecule has 0 unspecified atom stereocenters. The van der Waals surface area contributed by atoms with E-state index in [1.807, 2.05) is 79.7 Å². The summed E-state index contributed by atoms with van der Waals surface area (Å²) in [6.07, 6.45) is 4.90. The maximum atomic E-state index is 12.9. The second-order valence-electron chi connectivity index (χ2n) is 7.52. The van der Waals surface area contributed by atoms with Crippen molar-refractivity contribution >= 4 is 51.9 Å². The molecule has 33 heavy (non-hydrogen) atoms. The summed E-state index contributed by atoms with van der Waals surface area (Å²) in [7, 11) is 0. The summed E-state index contributed by atoms with van der Waals surface area (Å²) in [5.74, 6) is -0.193. The number of amides is 2. The smallest absolute Gasteiger partial charge is 0.266 e. The highest BCUT2D eigenvalue weighted by Gasteiger charge is 2.31. The Balaban J connectivity index is 1.59. The van der Waals surface area contributed by atoms with E-state index in [0.29, 0.717) is 28.7 Å². The average molecular weight is 476 g/mol. The molecule has 0 aromatic heterocycles. The minimum absolute atomic E-state index is 0.0703. The van der Waals surface area contributed by atoms with E-state index in [-0.39, 0.29) is 24.7 Å². The Morgan fingerprint density at radius 2 is 1.82 bits per heavy atom. The summed E-state index contributed by atoms with van der Waals surface area (Å²) in [4.78, 5) is 29.5. The predicted molar refractivity (Wildman–Crippen MR) is 138 cm³/mol. The average Bonchev–Trinajstić information content (AvgIpc) is 3.08. The number of thioether (sulfide) groups is 1. The number of thiocarbonyl (C=S) groups is 1. The Morgan fingerprint density at radius 1 is 1.15 bits per heavy atom. The first kappa shape index (κ1) is 24.4. The molecular weight excluding hydrogens is 450 g/mol. The van der Waals surface area contributed by atoms with Crippen LogP contribution in [0.3, 0.4) is 0 Å². The summed E-state index contributed by atoms with van der Waals surface area (Å²) in [6, 6.07) is 21.3. The highest BCUT2D eigenvalue weighted by Crippen LogP contribution is 2.32. The predicted octanol–water partition coefficient (Wildman–Crippen LogP) is 5.56. The highest BCUT2D eigenvalue weighted by molar-refractivity contribution is 8.26. The molecule has 2 aromatic carbocycles. The first-order valence-electron chi connectivity index (χ1n) is 10.7. The van der Waals surface area contributed by atoms with E-state index in [0.717, 1.165) is 16.8 Å². The van der Waals surface area contributed by atoms with Gasteiger partial charge in [-0.3, -0.25) is 14.5 Å². The van der Waals surface area contributed by atoms with Crippen LogP contribution in [0.15, 0.2) is 77.2 Å². The quantitative estimate of drug-likeness (QED) is 0.351. The first-order chi connectivity index (χ1) is 16.0. The van der Waals surface area contributed by atoms with Gasteiger partial charge in [0.15, 0.2) is 0 Å². The number of nitrogens with zero attached hydrogens (tertiary/aromatic N) is 3.